The third kappa shape index (κ3) is 3.44. The molecule has 3 rings (SSSR count). The van der Waals surface area contributed by atoms with Gasteiger partial charge in [-0.3, -0.25) is 4.79 Å². The summed E-state index contributed by atoms with van der Waals surface area (Å²) in [7, 11) is 0. The Morgan fingerprint density at radius 1 is 1.30 bits per heavy atom. The summed E-state index contributed by atoms with van der Waals surface area (Å²) in [5.74, 6) is 2.17. The molecule has 1 saturated carbocycles. The standard InChI is InChI=1S/C20H28N2O/c1-13(2)16-8-7-14(3)11-18(16)20(23)22-12-15-5-4-6-19-17(15)9-10-21-19/h4-6,9-10,13-14,16,18,21H,7-8,11-12H2,1-3H3,(H,22,23). The van der Waals surface area contributed by atoms with Gasteiger partial charge < -0.3 is 10.3 Å². The highest BCUT2D eigenvalue weighted by Gasteiger charge is 2.35. The Labute approximate surface area is 138 Å². The van der Waals surface area contributed by atoms with Crippen molar-refractivity contribution in [1.82, 2.24) is 10.3 Å². The summed E-state index contributed by atoms with van der Waals surface area (Å²) in [6, 6.07) is 8.29. The minimum Gasteiger partial charge on any atom is -0.361 e. The predicted octanol–water partition coefficient (Wildman–Crippen LogP) is 4.49. The summed E-state index contributed by atoms with van der Waals surface area (Å²) in [5, 5.41) is 4.40. The van der Waals surface area contributed by atoms with Crippen molar-refractivity contribution in [3.05, 3.63) is 36.0 Å². The Morgan fingerprint density at radius 2 is 2.13 bits per heavy atom. The quantitative estimate of drug-likeness (QED) is 0.858. The minimum atomic E-state index is 0.171. The summed E-state index contributed by atoms with van der Waals surface area (Å²) >= 11 is 0. The zero-order valence-corrected chi connectivity index (χ0v) is 14.4. The van der Waals surface area contributed by atoms with Crippen LogP contribution in [0.3, 0.4) is 0 Å². The Bertz CT molecular complexity index is 673. The normalized spacial score (nSPS) is 25.0. The summed E-state index contributed by atoms with van der Waals surface area (Å²) < 4.78 is 0. The summed E-state index contributed by atoms with van der Waals surface area (Å²) in [4.78, 5) is 16.0. The Balaban J connectivity index is 1.69. The number of H-pyrrole nitrogens is 1. The van der Waals surface area contributed by atoms with E-state index in [9.17, 15) is 4.79 Å². The topological polar surface area (TPSA) is 44.9 Å². The SMILES string of the molecule is CC1CCC(C(C)C)C(C(=O)NCc2cccc3[nH]ccc23)C1. The third-order valence-corrected chi connectivity index (χ3v) is 5.50. The van der Waals surface area contributed by atoms with Crippen LogP contribution in [0.4, 0.5) is 0 Å². The number of aromatic nitrogens is 1. The summed E-state index contributed by atoms with van der Waals surface area (Å²) in [6.45, 7) is 7.39. The fourth-order valence-corrected chi connectivity index (χ4v) is 4.12. The van der Waals surface area contributed by atoms with Crippen LogP contribution in [0, 0.1) is 23.7 Å². The maximum atomic E-state index is 12.8. The van der Waals surface area contributed by atoms with Gasteiger partial charge in [-0.25, -0.2) is 0 Å². The lowest BCUT2D eigenvalue weighted by molar-refractivity contribution is -0.129. The minimum absolute atomic E-state index is 0.171. The molecule has 3 atom stereocenters. The monoisotopic (exact) mass is 312 g/mol. The summed E-state index contributed by atoms with van der Waals surface area (Å²) in [5.41, 5.74) is 2.31. The molecule has 3 nitrogen and oxygen atoms in total. The molecule has 0 bridgehead atoms. The lowest BCUT2D eigenvalue weighted by atomic mass is 9.70. The summed E-state index contributed by atoms with van der Waals surface area (Å²) in [6.07, 6.45) is 5.43. The van der Waals surface area contributed by atoms with Crippen LogP contribution in [-0.2, 0) is 11.3 Å². The molecule has 1 aliphatic carbocycles. The molecule has 1 aromatic carbocycles. The average molecular weight is 312 g/mol. The Morgan fingerprint density at radius 3 is 2.91 bits per heavy atom. The van der Waals surface area contributed by atoms with Crippen LogP contribution in [-0.4, -0.2) is 10.9 Å². The van der Waals surface area contributed by atoms with Crippen molar-refractivity contribution in [2.75, 3.05) is 0 Å². The number of hydrogen-bond donors (Lipinski definition) is 2. The van der Waals surface area contributed by atoms with Gasteiger partial charge in [-0.05, 0) is 48.3 Å². The molecule has 1 aromatic heterocycles. The smallest absolute Gasteiger partial charge is 0.223 e. The van der Waals surface area contributed by atoms with Crippen LogP contribution < -0.4 is 5.32 Å². The van der Waals surface area contributed by atoms with Crippen LogP contribution in [0.15, 0.2) is 30.5 Å². The van der Waals surface area contributed by atoms with Crippen LogP contribution >= 0.6 is 0 Å². The zero-order chi connectivity index (χ0) is 16.4. The van der Waals surface area contributed by atoms with Gasteiger partial charge in [-0.15, -0.1) is 0 Å². The van der Waals surface area contributed by atoms with E-state index in [4.69, 9.17) is 0 Å². The van der Waals surface area contributed by atoms with Crippen LogP contribution in [0.1, 0.15) is 45.6 Å². The van der Waals surface area contributed by atoms with Gasteiger partial charge in [-0.1, -0.05) is 39.3 Å². The largest absolute Gasteiger partial charge is 0.361 e. The van der Waals surface area contributed by atoms with Crippen molar-refractivity contribution in [3.63, 3.8) is 0 Å². The first-order valence-corrected chi connectivity index (χ1v) is 8.89. The van der Waals surface area contributed by atoms with Crippen LogP contribution in [0.2, 0.25) is 0 Å². The molecule has 1 amide bonds. The molecule has 2 N–H and O–H groups in total. The maximum absolute atomic E-state index is 12.8. The van der Waals surface area contributed by atoms with Gasteiger partial charge in [0.25, 0.3) is 0 Å². The molecule has 124 valence electrons. The Hall–Kier alpha value is -1.77. The van der Waals surface area contributed by atoms with Gasteiger partial charge in [0.05, 0.1) is 0 Å². The number of rotatable bonds is 4. The first-order chi connectivity index (χ1) is 11.1. The van der Waals surface area contributed by atoms with E-state index in [2.05, 4.69) is 49.3 Å². The van der Waals surface area contributed by atoms with Crippen molar-refractivity contribution in [1.29, 1.82) is 0 Å². The van der Waals surface area contributed by atoms with Gasteiger partial charge in [0.1, 0.15) is 0 Å². The fourth-order valence-electron chi connectivity index (χ4n) is 4.12. The molecule has 23 heavy (non-hydrogen) atoms. The molecule has 2 aromatic rings. The van der Waals surface area contributed by atoms with Crippen molar-refractivity contribution < 1.29 is 4.79 Å². The molecule has 1 aliphatic rings. The molecule has 0 spiro atoms. The van der Waals surface area contributed by atoms with Crippen LogP contribution in [0.5, 0.6) is 0 Å². The van der Waals surface area contributed by atoms with E-state index >= 15 is 0 Å². The van der Waals surface area contributed by atoms with Gasteiger partial charge in [0, 0.05) is 29.6 Å². The first kappa shape index (κ1) is 16.1. The van der Waals surface area contributed by atoms with E-state index in [1.54, 1.807) is 0 Å². The molecule has 3 unspecified atom stereocenters. The van der Waals surface area contributed by atoms with Gasteiger partial charge in [0.2, 0.25) is 5.91 Å². The number of nitrogens with one attached hydrogen (secondary N) is 2. The van der Waals surface area contributed by atoms with E-state index in [1.165, 1.54) is 23.8 Å². The molecule has 0 radical (unpaired) electrons. The molecule has 0 aliphatic heterocycles. The molecular formula is C20H28N2O. The van der Waals surface area contributed by atoms with E-state index in [1.807, 2.05) is 12.3 Å². The number of carbonyl (C=O) groups excluding carboxylic acids is 1. The molecule has 1 fully saturated rings. The van der Waals surface area contributed by atoms with Crippen molar-refractivity contribution in [2.24, 2.45) is 23.7 Å². The average Bonchev–Trinajstić information content (AvgIpc) is 3.01. The Kier molecular flexibility index (Phi) is 4.74. The molecule has 3 heteroatoms. The van der Waals surface area contributed by atoms with Gasteiger partial charge in [-0.2, -0.15) is 0 Å². The first-order valence-electron chi connectivity index (χ1n) is 8.89. The second kappa shape index (κ2) is 6.77. The molecule has 0 saturated heterocycles. The van der Waals surface area contributed by atoms with Gasteiger partial charge >= 0.3 is 0 Å². The fraction of sp³-hybridized carbons (Fsp3) is 0.550. The maximum Gasteiger partial charge on any atom is 0.223 e. The number of benzene rings is 1. The van der Waals surface area contributed by atoms with Crippen molar-refractivity contribution in [2.45, 2.75) is 46.6 Å². The zero-order valence-electron chi connectivity index (χ0n) is 14.4. The predicted molar refractivity (Wildman–Crippen MR) is 95.0 cm³/mol. The number of carbonyl (C=O) groups is 1. The number of fused-ring (bicyclic) bond motifs is 1. The highest BCUT2D eigenvalue weighted by molar-refractivity contribution is 5.84. The van der Waals surface area contributed by atoms with E-state index < -0.39 is 0 Å². The lowest BCUT2D eigenvalue weighted by Crippen LogP contribution is -2.40. The second-order valence-corrected chi connectivity index (χ2v) is 7.51. The van der Waals surface area contributed by atoms with E-state index in [0.29, 0.717) is 24.3 Å². The highest BCUT2D eigenvalue weighted by atomic mass is 16.1. The third-order valence-electron chi connectivity index (χ3n) is 5.50. The van der Waals surface area contributed by atoms with Crippen LogP contribution in [0.25, 0.3) is 10.9 Å². The number of hydrogen-bond acceptors (Lipinski definition) is 1. The number of aromatic amines is 1. The second-order valence-electron chi connectivity index (χ2n) is 7.51. The van der Waals surface area contributed by atoms with Crippen molar-refractivity contribution in [3.8, 4) is 0 Å². The van der Waals surface area contributed by atoms with Gasteiger partial charge in [0.15, 0.2) is 0 Å². The number of amides is 1. The molecule has 1 heterocycles. The lowest BCUT2D eigenvalue weighted by Gasteiger charge is -2.36. The highest BCUT2D eigenvalue weighted by Crippen LogP contribution is 2.38. The molecular weight excluding hydrogens is 284 g/mol. The van der Waals surface area contributed by atoms with E-state index in [0.717, 1.165) is 11.9 Å². The van der Waals surface area contributed by atoms with E-state index in [-0.39, 0.29) is 11.8 Å². The van der Waals surface area contributed by atoms with Crippen molar-refractivity contribution >= 4 is 16.8 Å².